The van der Waals surface area contributed by atoms with Crippen molar-refractivity contribution in [3.05, 3.63) is 12.7 Å². The van der Waals surface area contributed by atoms with Gasteiger partial charge >= 0.3 is 19.8 Å². The number of hydrogen-bond acceptors (Lipinski definition) is 6. The van der Waals surface area contributed by atoms with Crippen LogP contribution >= 0.6 is 7.82 Å². The van der Waals surface area contributed by atoms with Gasteiger partial charge in [0.25, 0.3) is 0 Å². The van der Waals surface area contributed by atoms with Crippen molar-refractivity contribution in [3.8, 4) is 0 Å². The third kappa shape index (κ3) is 31.7. The molecule has 0 heterocycles. The first-order chi connectivity index (χ1) is 20.3. The SMILES string of the molecule is C=CCCCCCCCCCCCCCCCC(=O)O[C@H](COC(=O)CCCCCCCCCCC)COP(=O)(O)O. The number of ether oxygens (including phenoxy) is 2. The summed E-state index contributed by atoms with van der Waals surface area (Å²) in [6, 6.07) is 0. The maximum absolute atomic E-state index is 12.3. The number of allylic oxidation sites excluding steroid dienone is 1. The molecule has 42 heavy (non-hydrogen) atoms. The van der Waals surface area contributed by atoms with Crippen LogP contribution in [0.2, 0.25) is 0 Å². The van der Waals surface area contributed by atoms with E-state index >= 15 is 0 Å². The van der Waals surface area contributed by atoms with Gasteiger partial charge < -0.3 is 19.3 Å². The predicted octanol–water partition coefficient (Wildman–Crippen LogP) is 9.51. The van der Waals surface area contributed by atoms with Crippen LogP contribution in [0.1, 0.15) is 167 Å². The molecule has 0 saturated heterocycles. The average molecular weight is 619 g/mol. The summed E-state index contributed by atoms with van der Waals surface area (Å²) >= 11 is 0. The van der Waals surface area contributed by atoms with Gasteiger partial charge in [0.2, 0.25) is 0 Å². The fraction of sp³-hybridized carbons (Fsp3) is 0.879. The molecule has 0 aliphatic carbocycles. The van der Waals surface area contributed by atoms with Crippen molar-refractivity contribution in [2.75, 3.05) is 13.2 Å². The van der Waals surface area contributed by atoms with Gasteiger partial charge in [0.1, 0.15) is 6.61 Å². The van der Waals surface area contributed by atoms with Gasteiger partial charge in [-0.15, -0.1) is 6.58 Å². The topological polar surface area (TPSA) is 119 Å². The first-order valence-corrected chi connectivity index (χ1v) is 18.5. The van der Waals surface area contributed by atoms with Crippen LogP contribution in [0.3, 0.4) is 0 Å². The van der Waals surface area contributed by atoms with Gasteiger partial charge in [-0.3, -0.25) is 14.1 Å². The van der Waals surface area contributed by atoms with Crippen molar-refractivity contribution in [2.45, 2.75) is 174 Å². The fourth-order valence-corrected chi connectivity index (χ4v) is 5.24. The molecule has 0 rings (SSSR count). The second kappa shape index (κ2) is 29.8. The highest BCUT2D eigenvalue weighted by Gasteiger charge is 2.22. The standard InChI is InChI=1S/C33H63O8P/c1-3-5-7-9-11-13-14-15-16-17-18-20-22-24-26-28-33(35)41-31(30-40-42(36,37)38)29-39-32(34)27-25-23-21-19-12-10-8-6-4-2/h3,31H,1,4-30H2,2H3,(H2,36,37,38)/t31-/m1/s1. The Labute approximate surface area is 257 Å². The summed E-state index contributed by atoms with van der Waals surface area (Å²) in [5.74, 6) is -0.886. The number of carbonyl (C=O) groups excluding carboxylic acids is 2. The highest BCUT2D eigenvalue weighted by molar-refractivity contribution is 7.46. The molecular weight excluding hydrogens is 555 g/mol. The molecule has 0 radical (unpaired) electrons. The second-order valence-electron chi connectivity index (χ2n) is 11.6. The molecule has 0 unspecified atom stereocenters. The normalized spacial score (nSPS) is 12.3. The minimum absolute atomic E-state index is 0.214. The summed E-state index contributed by atoms with van der Waals surface area (Å²) in [4.78, 5) is 42.4. The summed E-state index contributed by atoms with van der Waals surface area (Å²) in [6.45, 7) is 5.15. The highest BCUT2D eigenvalue weighted by atomic mass is 31.2. The van der Waals surface area contributed by atoms with E-state index in [0.717, 1.165) is 44.9 Å². The summed E-state index contributed by atoms with van der Waals surface area (Å²) in [5.41, 5.74) is 0. The van der Waals surface area contributed by atoms with Crippen LogP contribution in [0.25, 0.3) is 0 Å². The maximum atomic E-state index is 12.3. The number of hydrogen-bond donors (Lipinski definition) is 2. The van der Waals surface area contributed by atoms with Crippen molar-refractivity contribution >= 4 is 19.8 Å². The molecule has 0 fully saturated rings. The minimum atomic E-state index is -4.74. The van der Waals surface area contributed by atoms with Crippen LogP contribution < -0.4 is 0 Å². The van der Waals surface area contributed by atoms with Gasteiger partial charge in [-0.05, 0) is 25.7 Å². The number of phosphoric acid groups is 1. The maximum Gasteiger partial charge on any atom is 0.469 e. The van der Waals surface area contributed by atoms with E-state index < -0.39 is 32.5 Å². The third-order valence-corrected chi connectivity index (χ3v) is 7.92. The van der Waals surface area contributed by atoms with E-state index in [1.165, 1.54) is 96.3 Å². The first kappa shape index (κ1) is 40.8. The smallest absolute Gasteiger partial charge is 0.462 e. The van der Waals surface area contributed by atoms with Crippen LogP contribution in [0.5, 0.6) is 0 Å². The molecule has 2 N–H and O–H groups in total. The Morgan fingerprint density at radius 3 is 1.48 bits per heavy atom. The molecule has 0 spiro atoms. The average Bonchev–Trinajstić information content (AvgIpc) is 2.95. The Morgan fingerprint density at radius 1 is 0.643 bits per heavy atom. The van der Waals surface area contributed by atoms with Crippen molar-refractivity contribution in [1.29, 1.82) is 0 Å². The molecule has 0 aliphatic heterocycles. The van der Waals surface area contributed by atoms with Crippen LogP contribution in [0, 0.1) is 0 Å². The number of carbonyl (C=O) groups is 2. The molecule has 1 atom stereocenters. The van der Waals surface area contributed by atoms with E-state index in [1.54, 1.807) is 0 Å². The third-order valence-electron chi connectivity index (χ3n) is 7.43. The Bertz CT molecular complexity index is 694. The van der Waals surface area contributed by atoms with Crippen molar-refractivity contribution in [2.24, 2.45) is 0 Å². The number of rotatable bonds is 32. The number of unbranched alkanes of at least 4 members (excludes halogenated alkanes) is 21. The number of phosphoric ester groups is 1. The van der Waals surface area contributed by atoms with Gasteiger partial charge in [-0.25, -0.2) is 4.57 Å². The number of esters is 2. The van der Waals surface area contributed by atoms with Crippen LogP contribution in [-0.2, 0) is 28.2 Å². The molecule has 0 bridgehead atoms. The molecule has 0 aromatic rings. The van der Waals surface area contributed by atoms with Crippen molar-refractivity contribution in [1.82, 2.24) is 0 Å². The molecule has 248 valence electrons. The van der Waals surface area contributed by atoms with E-state index in [0.29, 0.717) is 6.42 Å². The van der Waals surface area contributed by atoms with Gasteiger partial charge in [0.15, 0.2) is 6.10 Å². The molecule has 0 amide bonds. The fourth-order valence-electron chi connectivity index (χ4n) is 4.88. The summed E-state index contributed by atoms with van der Waals surface area (Å²) in [6.07, 6.45) is 28.3. The molecule has 9 heteroatoms. The Balaban J connectivity index is 3.95. The van der Waals surface area contributed by atoms with E-state index in [-0.39, 0.29) is 19.4 Å². The lowest BCUT2D eigenvalue weighted by Gasteiger charge is -2.18. The molecule has 0 aliphatic rings. The van der Waals surface area contributed by atoms with Crippen molar-refractivity contribution < 1.29 is 37.9 Å². The van der Waals surface area contributed by atoms with Gasteiger partial charge in [-0.1, -0.05) is 135 Å². The zero-order valence-corrected chi connectivity index (χ0v) is 27.6. The Kier molecular flexibility index (Phi) is 29.0. The van der Waals surface area contributed by atoms with Gasteiger partial charge in [-0.2, -0.15) is 0 Å². The van der Waals surface area contributed by atoms with Gasteiger partial charge in [0, 0.05) is 12.8 Å². The molecule has 0 aromatic heterocycles. The van der Waals surface area contributed by atoms with E-state index in [9.17, 15) is 14.2 Å². The van der Waals surface area contributed by atoms with E-state index in [2.05, 4.69) is 18.0 Å². The Hall–Kier alpha value is -1.21. The van der Waals surface area contributed by atoms with Gasteiger partial charge in [0.05, 0.1) is 6.61 Å². The molecule has 8 nitrogen and oxygen atoms in total. The zero-order valence-electron chi connectivity index (χ0n) is 26.7. The lowest BCUT2D eigenvalue weighted by molar-refractivity contribution is -0.161. The van der Waals surface area contributed by atoms with E-state index in [4.69, 9.17) is 19.3 Å². The second-order valence-corrected chi connectivity index (χ2v) is 12.8. The Morgan fingerprint density at radius 2 is 1.05 bits per heavy atom. The molecule has 0 aromatic carbocycles. The summed E-state index contributed by atoms with van der Waals surface area (Å²) < 4.78 is 26.2. The summed E-state index contributed by atoms with van der Waals surface area (Å²) in [5, 5.41) is 0. The van der Waals surface area contributed by atoms with Crippen LogP contribution in [-0.4, -0.2) is 41.0 Å². The zero-order chi connectivity index (χ0) is 31.2. The lowest BCUT2D eigenvalue weighted by Crippen LogP contribution is -2.29. The van der Waals surface area contributed by atoms with Crippen LogP contribution in [0.4, 0.5) is 0 Å². The van der Waals surface area contributed by atoms with Crippen LogP contribution in [0.15, 0.2) is 12.7 Å². The van der Waals surface area contributed by atoms with E-state index in [1.807, 2.05) is 6.08 Å². The summed E-state index contributed by atoms with van der Waals surface area (Å²) in [7, 11) is -4.74. The molecular formula is C33H63O8P. The van der Waals surface area contributed by atoms with Crippen molar-refractivity contribution in [3.63, 3.8) is 0 Å². The predicted molar refractivity (Wildman–Crippen MR) is 170 cm³/mol. The molecule has 0 saturated carbocycles. The largest absolute Gasteiger partial charge is 0.469 e. The minimum Gasteiger partial charge on any atom is -0.462 e. The highest BCUT2D eigenvalue weighted by Crippen LogP contribution is 2.36. The first-order valence-electron chi connectivity index (χ1n) is 16.9. The quantitative estimate of drug-likeness (QED) is 0.0331. The lowest BCUT2D eigenvalue weighted by atomic mass is 10.0. The monoisotopic (exact) mass is 618 g/mol.